The first kappa shape index (κ1) is 17.2. The normalized spacial score (nSPS) is 17.8. The average Bonchev–Trinajstić information content (AvgIpc) is 2.60. The van der Waals surface area contributed by atoms with Gasteiger partial charge in [0.15, 0.2) is 0 Å². The van der Waals surface area contributed by atoms with Crippen LogP contribution in [0.4, 0.5) is 0 Å². The van der Waals surface area contributed by atoms with Crippen LogP contribution in [-0.2, 0) is 6.42 Å². The molecule has 1 fully saturated rings. The summed E-state index contributed by atoms with van der Waals surface area (Å²) in [5, 5.41) is 10.8. The lowest BCUT2D eigenvalue weighted by Gasteiger charge is -2.34. The number of aliphatic hydroxyl groups excluding tert-OH is 1. The molecule has 3 rings (SSSR count). The molecule has 1 N–H and O–H groups in total. The molecule has 0 aromatic heterocycles. The van der Waals surface area contributed by atoms with E-state index < -0.39 is 0 Å². The van der Waals surface area contributed by atoms with Gasteiger partial charge in [0.25, 0.3) is 0 Å². The van der Waals surface area contributed by atoms with Crippen LogP contribution in [0.5, 0.6) is 0 Å². The quantitative estimate of drug-likeness (QED) is 0.887. The van der Waals surface area contributed by atoms with Gasteiger partial charge in [-0.25, -0.2) is 0 Å². The summed E-state index contributed by atoms with van der Waals surface area (Å²) < 4.78 is 0. The number of nitrogens with zero attached hydrogens (tertiary/aromatic N) is 1. The zero-order valence-electron chi connectivity index (χ0n) is 14.9. The van der Waals surface area contributed by atoms with Crippen molar-refractivity contribution in [2.75, 3.05) is 19.6 Å². The van der Waals surface area contributed by atoms with Crippen LogP contribution in [0.15, 0.2) is 48.5 Å². The zero-order chi connectivity index (χ0) is 16.9. The molecule has 0 spiro atoms. The Bertz CT molecular complexity index is 624. The van der Waals surface area contributed by atoms with Crippen molar-refractivity contribution in [2.45, 2.75) is 39.2 Å². The van der Waals surface area contributed by atoms with Crippen molar-refractivity contribution in [3.05, 3.63) is 70.8 Å². The summed E-state index contributed by atoms with van der Waals surface area (Å²) in [6.45, 7) is 7.53. The van der Waals surface area contributed by atoms with Crippen molar-refractivity contribution >= 4 is 0 Å². The van der Waals surface area contributed by atoms with Crippen molar-refractivity contribution in [2.24, 2.45) is 5.92 Å². The summed E-state index contributed by atoms with van der Waals surface area (Å²) >= 11 is 0. The van der Waals surface area contributed by atoms with E-state index in [2.05, 4.69) is 67.3 Å². The lowest BCUT2D eigenvalue weighted by atomic mass is 9.86. The third-order valence-corrected chi connectivity index (χ3v) is 5.22. The van der Waals surface area contributed by atoms with Gasteiger partial charge in [-0.15, -0.1) is 0 Å². The highest BCUT2D eigenvalue weighted by Gasteiger charge is 2.26. The second kappa shape index (κ2) is 7.96. The van der Waals surface area contributed by atoms with E-state index in [1.54, 1.807) is 0 Å². The molecule has 128 valence electrons. The topological polar surface area (TPSA) is 23.5 Å². The van der Waals surface area contributed by atoms with Crippen molar-refractivity contribution < 1.29 is 5.11 Å². The molecule has 1 heterocycles. The van der Waals surface area contributed by atoms with Gasteiger partial charge in [0.05, 0.1) is 6.10 Å². The number of hydrogen-bond donors (Lipinski definition) is 1. The third-order valence-electron chi connectivity index (χ3n) is 5.22. The summed E-state index contributed by atoms with van der Waals surface area (Å²) in [6.07, 6.45) is 2.97. The minimum atomic E-state index is -0.320. The number of aliphatic hydroxyl groups is 1. The molecule has 2 aromatic carbocycles. The molecule has 24 heavy (non-hydrogen) atoms. The maximum absolute atomic E-state index is 10.8. The number of likely N-dealkylation sites (tertiary alicyclic amines) is 1. The minimum Gasteiger partial charge on any atom is -0.388 e. The second-order valence-corrected chi connectivity index (χ2v) is 7.28. The first-order valence-electron chi connectivity index (χ1n) is 9.14. The zero-order valence-corrected chi connectivity index (χ0v) is 14.9. The van der Waals surface area contributed by atoms with Gasteiger partial charge in [-0.2, -0.15) is 0 Å². The number of piperidine rings is 1. The Balaban J connectivity index is 1.51. The van der Waals surface area contributed by atoms with Crippen LogP contribution < -0.4 is 0 Å². The van der Waals surface area contributed by atoms with E-state index in [0.29, 0.717) is 5.92 Å². The molecule has 1 aliphatic heterocycles. The van der Waals surface area contributed by atoms with E-state index in [0.717, 1.165) is 44.5 Å². The molecule has 0 amide bonds. The fraction of sp³-hybridized carbons (Fsp3) is 0.455. The highest BCUT2D eigenvalue weighted by Crippen LogP contribution is 2.31. The van der Waals surface area contributed by atoms with Gasteiger partial charge in [0, 0.05) is 6.54 Å². The molecule has 2 heteroatoms. The number of hydrogen-bond acceptors (Lipinski definition) is 2. The molecule has 0 radical (unpaired) electrons. The Hall–Kier alpha value is -1.64. The molecule has 0 saturated carbocycles. The molecule has 0 aliphatic carbocycles. The summed E-state index contributed by atoms with van der Waals surface area (Å²) in [5.74, 6) is 0.388. The van der Waals surface area contributed by atoms with Crippen molar-refractivity contribution in [1.82, 2.24) is 4.90 Å². The molecule has 2 nitrogen and oxygen atoms in total. The minimum absolute atomic E-state index is 0.320. The highest BCUT2D eigenvalue weighted by atomic mass is 16.3. The lowest BCUT2D eigenvalue weighted by Crippen LogP contribution is -2.36. The van der Waals surface area contributed by atoms with Crippen molar-refractivity contribution in [3.63, 3.8) is 0 Å². The smallest absolute Gasteiger partial charge is 0.0819 e. The Labute approximate surface area is 146 Å². The maximum Gasteiger partial charge on any atom is 0.0819 e. The second-order valence-electron chi connectivity index (χ2n) is 7.28. The van der Waals surface area contributed by atoms with Gasteiger partial charge in [0.1, 0.15) is 0 Å². The van der Waals surface area contributed by atoms with E-state index >= 15 is 0 Å². The monoisotopic (exact) mass is 323 g/mol. The van der Waals surface area contributed by atoms with Gasteiger partial charge in [-0.05, 0) is 63.2 Å². The van der Waals surface area contributed by atoms with Crippen LogP contribution in [0.1, 0.15) is 41.2 Å². The Morgan fingerprint density at radius 2 is 1.62 bits per heavy atom. The largest absolute Gasteiger partial charge is 0.388 e. The SMILES string of the molecule is Cc1cc(C)cc(C(O)C2CCN(CCc3ccccc3)CC2)c1. The Morgan fingerprint density at radius 1 is 1.00 bits per heavy atom. The summed E-state index contributed by atoms with van der Waals surface area (Å²) in [5.41, 5.74) is 4.99. The summed E-state index contributed by atoms with van der Waals surface area (Å²) in [7, 11) is 0. The first-order valence-corrected chi connectivity index (χ1v) is 9.14. The Morgan fingerprint density at radius 3 is 2.25 bits per heavy atom. The van der Waals surface area contributed by atoms with Crippen molar-refractivity contribution in [1.29, 1.82) is 0 Å². The summed E-state index contributed by atoms with van der Waals surface area (Å²) in [6, 6.07) is 17.2. The first-order chi connectivity index (χ1) is 11.6. The van der Waals surface area contributed by atoms with Gasteiger partial charge in [0.2, 0.25) is 0 Å². The molecule has 1 atom stereocenters. The van der Waals surface area contributed by atoms with Crippen LogP contribution in [0.3, 0.4) is 0 Å². The van der Waals surface area contributed by atoms with Gasteiger partial charge in [-0.1, -0.05) is 59.7 Å². The van der Waals surface area contributed by atoms with Gasteiger partial charge >= 0.3 is 0 Å². The summed E-state index contributed by atoms with van der Waals surface area (Å²) in [4.78, 5) is 2.54. The molecular formula is C22H29NO. The van der Waals surface area contributed by atoms with E-state index in [1.807, 2.05) is 0 Å². The van der Waals surface area contributed by atoms with Crippen LogP contribution in [0.25, 0.3) is 0 Å². The van der Waals surface area contributed by atoms with E-state index in [-0.39, 0.29) is 6.10 Å². The predicted octanol–water partition coefficient (Wildman–Crippen LogP) is 4.29. The van der Waals surface area contributed by atoms with Gasteiger partial charge < -0.3 is 10.0 Å². The molecule has 1 saturated heterocycles. The third kappa shape index (κ3) is 4.46. The Kier molecular flexibility index (Phi) is 5.70. The number of aryl methyl sites for hydroxylation is 2. The fourth-order valence-electron chi connectivity index (χ4n) is 3.88. The molecule has 1 aliphatic rings. The van der Waals surface area contributed by atoms with E-state index in [1.165, 1.54) is 16.7 Å². The molecule has 2 aromatic rings. The molecule has 0 bridgehead atoms. The number of rotatable bonds is 5. The standard InChI is InChI=1S/C22H29NO/c1-17-14-18(2)16-21(15-17)22(24)20-9-12-23(13-10-20)11-8-19-6-4-3-5-7-19/h3-7,14-16,20,22,24H,8-13H2,1-2H3. The van der Waals surface area contributed by atoms with Crippen LogP contribution >= 0.6 is 0 Å². The van der Waals surface area contributed by atoms with Crippen molar-refractivity contribution in [3.8, 4) is 0 Å². The number of benzene rings is 2. The van der Waals surface area contributed by atoms with E-state index in [9.17, 15) is 5.11 Å². The highest BCUT2D eigenvalue weighted by molar-refractivity contribution is 5.30. The molecule has 1 unspecified atom stereocenters. The fourth-order valence-corrected chi connectivity index (χ4v) is 3.88. The van der Waals surface area contributed by atoms with Crippen LogP contribution in [-0.4, -0.2) is 29.6 Å². The maximum atomic E-state index is 10.8. The van der Waals surface area contributed by atoms with Crippen LogP contribution in [0, 0.1) is 19.8 Å². The van der Waals surface area contributed by atoms with E-state index in [4.69, 9.17) is 0 Å². The lowest BCUT2D eigenvalue weighted by molar-refractivity contribution is 0.0591. The molecular weight excluding hydrogens is 294 g/mol. The predicted molar refractivity (Wildman–Crippen MR) is 100 cm³/mol. The average molecular weight is 323 g/mol. The van der Waals surface area contributed by atoms with Crippen LogP contribution in [0.2, 0.25) is 0 Å². The van der Waals surface area contributed by atoms with Gasteiger partial charge in [-0.3, -0.25) is 0 Å².